The van der Waals surface area contributed by atoms with Crippen molar-refractivity contribution in [2.24, 2.45) is 5.92 Å². The summed E-state index contributed by atoms with van der Waals surface area (Å²) in [7, 11) is 1.58. The van der Waals surface area contributed by atoms with E-state index in [0.717, 1.165) is 18.5 Å². The molecule has 0 radical (unpaired) electrons. The van der Waals surface area contributed by atoms with Gasteiger partial charge in [-0.2, -0.15) is 0 Å². The second-order valence-electron chi connectivity index (χ2n) is 6.58. The van der Waals surface area contributed by atoms with Crippen molar-refractivity contribution in [3.8, 4) is 11.5 Å². The molecule has 1 fully saturated rings. The third kappa shape index (κ3) is 4.72. The maximum absolute atomic E-state index is 12.5. The van der Waals surface area contributed by atoms with Crippen LogP contribution in [0.25, 0.3) is 0 Å². The van der Waals surface area contributed by atoms with Gasteiger partial charge in [0.2, 0.25) is 0 Å². The molecule has 2 aromatic rings. The van der Waals surface area contributed by atoms with E-state index in [-0.39, 0.29) is 11.9 Å². The second-order valence-corrected chi connectivity index (χ2v) is 7.29. The van der Waals surface area contributed by atoms with Crippen LogP contribution < -0.4 is 14.8 Å². The summed E-state index contributed by atoms with van der Waals surface area (Å²) in [5, 5.41) is 5.09. The summed E-state index contributed by atoms with van der Waals surface area (Å²) in [4.78, 5) is 16.7. The Hall–Kier alpha value is -2.08. The Balaban J connectivity index is 1.64. The van der Waals surface area contributed by atoms with E-state index in [2.05, 4.69) is 17.2 Å². The van der Waals surface area contributed by atoms with Gasteiger partial charge in [0.05, 0.1) is 18.3 Å². The number of carbonyl (C=O) groups is 1. The first kappa shape index (κ1) is 17.7. The molecule has 25 heavy (non-hydrogen) atoms. The fourth-order valence-electron chi connectivity index (χ4n) is 3.22. The summed E-state index contributed by atoms with van der Waals surface area (Å²) < 4.78 is 11.1. The minimum atomic E-state index is -0.0524. The first-order chi connectivity index (χ1) is 12.2. The molecule has 3 rings (SSSR count). The average Bonchev–Trinajstić information content (AvgIpc) is 3.13. The molecule has 1 aliphatic carbocycles. The number of nitrogens with one attached hydrogen (secondary N) is 1. The Bertz CT molecular complexity index is 703. The number of ether oxygens (including phenoxy) is 2. The van der Waals surface area contributed by atoms with E-state index in [4.69, 9.17) is 9.47 Å². The number of amides is 1. The van der Waals surface area contributed by atoms with E-state index >= 15 is 0 Å². The quantitative estimate of drug-likeness (QED) is 0.844. The lowest BCUT2D eigenvalue weighted by Crippen LogP contribution is -2.37. The van der Waals surface area contributed by atoms with Crippen LogP contribution in [0.3, 0.4) is 0 Å². The topological polar surface area (TPSA) is 60.5 Å². The van der Waals surface area contributed by atoms with E-state index in [1.54, 1.807) is 30.8 Å². The number of rotatable bonds is 6. The minimum Gasteiger partial charge on any atom is -0.493 e. The molecule has 5 nitrogen and oxygen atoms in total. The lowest BCUT2D eigenvalue weighted by Gasteiger charge is -2.27. The van der Waals surface area contributed by atoms with E-state index in [0.29, 0.717) is 29.6 Å². The molecular weight excluding hydrogens is 336 g/mol. The molecule has 1 heterocycles. The van der Waals surface area contributed by atoms with Gasteiger partial charge in [-0.25, -0.2) is 4.98 Å². The van der Waals surface area contributed by atoms with Crippen LogP contribution >= 0.6 is 11.3 Å². The molecule has 1 amide bonds. The van der Waals surface area contributed by atoms with Crippen molar-refractivity contribution >= 4 is 17.2 Å². The number of benzene rings is 1. The molecule has 2 atom stereocenters. The predicted octanol–water partition coefficient (Wildman–Crippen LogP) is 4.04. The summed E-state index contributed by atoms with van der Waals surface area (Å²) >= 11 is 1.53. The normalized spacial score (nSPS) is 20.1. The standard InChI is InChI=1S/C19H24N2O3S/c1-13-4-3-5-15(8-13)21-19(22)14-6-7-17(18(9-14)23-2)24-10-16-11-25-12-20-16/h6-7,9,11-13,15H,3-5,8,10H2,1-2H3,(H,21,22). The van der Waals surface area contributed by atoms with Gasteiger partial charge in [0.1, 0.15) is 6.61 Å². The van der Waals surface area contributed by atoms with Crippen molar-refractivity contribution in [3.05, 3.63) is 40.3 Å². The fraction of sp³-hybridized carbons (Fsp3) is 0.474. The van der Waals surface area contributed by atoms with E-state index in [1.807, 2.05) is 5.38 Å². The lowest BCUT2D eigenvalue weighted by atomic mass is 9.87. The summed E-state index contributed by atoms with van der Waals surface area (Å²) in [6.07, 6.45) is 4.55. The highest BCUT2D eigenvalue weighted by atomic mass is 32.1. The van der Waals surface area contributed by atoms with Crippen LogP contribution in [-0.4, -0.2) is 24.0 Å². The number of aromatic nitrogens is 1. The van der Waals surface area contributed by atoms with Crippen molar-refractivity contribution in [2.75, 3.05) is 7.11 Å². The second kappa shape index (κ2) is 8.34. The SMILES string of the molecule is COc1cc(C(=O)NC2CCCC(C)C2)ccc1OCc1cscn1. The molecule has 134 valence electrons. The van der Waals surface area contributed by atoms with Gasteiger partial charge < -0.3 is 14.8 Å². The molecule has 0 bridgehead atoms. The maximum Gasteiger partial charge on any atom is 0.251 e. The molecule has 0 saturated heterocycles. The molecular formula is C19H24N2O3S. The number of hydrogen-bond acceptors (Lipinski definition) is 5. The Morgan fingerprint density at radius 3 is 2.96 bits per heavy atom. The molecule has 1 N–H and O–H groups in total. The zero-order valence-electron chi connectivity index (χ0n) is 14.7. The van der Waals surface area contributed by atoms with Crippen LogP contribution in [0.1, 0.15) is 48.7 Å². The first-order valence-corrected chi connectivity index (χ1v) is 9.58. The van der Waals surface area contributed by atoms with Gasteiger partial charge in [-0.3, -0.25) is 4.79 Å². The Kier molecular flexibility index (Phi) is 5.91. The fourth-order valence-corrected chi connectivity index (χ4v) is 3.77. The van der Waals surface area contributed by atoms with Gasteiger partial charge in [-0.05, 0) is 37.0 Å². The van der Waals surface area contributed by atoms with Gasteiger partial charge in [-0.15, -0.1) is 11.3 Å². The zero-order valence-corrected chi connectivity index (χ0v) is 15.5. The number of methoxy groups -OCH3 is 1. The number of thiazole rings is 1. The largest absolute Gasteiger partial charge is 0.493 e. The van der Waals surface area contributed by atoms with Crippen molar-refractivity contribution in [1.29, 1.82) is 0 Å². The highest BCUT2D eigenvalue weighted by molar-refractivity contribution is 7.07. The maximum atomic E-state index is 12.5. The molecule has 0 spiro atoms. The monoisotopic (exact) mass is 360 g/mol. The molecule has 1 saturated carbocycles. The first-order valence-electron chi connectivity index (χ1n) is 8.64. The van der Waals surface area contributed by atoms with Crippen LogP contribution in [0.5, 0.6) is 11.5 Å². The molecule has 6 heteroatoms. The van der Waals surface area contributed by atoms with Gasteiger partial charge in [-0.1, -0.05) is 19.8 Å². The minimum absolute atomic E-state index is 0.0524. The predicted molar refractivity (Wildman–Crippen MR) is 98.3 cm³/mol. The van der Waals surface area contributed by atoms with Crippen molar-refractivity contribution in [1.82, 2.24) is 10.3 Å². The van der Waals surface area contributed by atoms with Crippen molar-refractivity contribution in [3.63, 3.8) is 0 Å². The molecule has 1 aromatic heterocycles. The lowest BCUT2D eigenvalue weighted by molar-refractivity contribution is 0.0921. The summed E-state index contributed by atoms with van der Waals surface area (Å²) in [6.45, 7) is 2.63. The van der Waals surface area contributed by atoms with Crippen molar-refractivity contribution < 1.29 is 14.3 Å². The highest BCUT2D eigenvalue weighted by Gasteiger charge is 2.21. The summed E-state index contributed by atoms with van der Waals surface area (Å²) in [5.74, 6) is 1.79. The van der Waals surface area contributed by atoms with Crippen LogP contribution in [0.2, 0.25) is 0 Å². The van der Waals surface area contributed by atoms with Gasteiger partial charge >= 0.3 is 0 Å². The Morgan fingerprint density at radius 2 is 2.24 bits per heavy atom. The summed E-state index contributed by atoms with van der Waals surface area (Å²) in [5.41, 5.74) is 3.24. The third-order valence-corrected chi connectivity index (χ3v) is 5.19. The highest BCUT2D eigenvalue weighted by Crippen LogP contribution is 2.29. The average molecular weight is 360 g/mol. The van der Waals surface area contributed by atoms with Crippen LogP contribution in [0.4, 0.5) is 0 Å². The summed E-state index contributed by atoms with van der Waals surface area (Å²) in [6, 6.07) is 5.56. The van der Waals surface area contributed by atoms with Gasteiger partial charge in [0.25, 0.3) is 5.91 Å². The van der Waals surface area contributed by atoms with Crippen molar-refractivity contribution in [2.45, 2.75) is 45.3 Å². The number of hydrogen-bond donors (Lipinski definition) is 1. The number of carbonyl (C=O) groups excluding carboxylic acids is 1. The van der Waals surface area contributed by atoms with Gasteiger partial charge in [0.15, 0.2) is 11.5 Å². The number of nitrogens with zero attached hydrogens (tertiary/aromatic N) is 1. The molecule has 1 aromatic carbocycles. The van der Waals surface area contributed by atoms with Crippen LogP contribution in [-0.2, 0) is 6.61 Å². The van der Waals surface area contributed by atoms with E-state index in [9.17, 15) is 4.79 Å². The third-order valence-electron chi connectivity index (χ3n) is 4.56. The molecule has 2 unspecified atom stereocenters. The zero-order chi connectivity index (χ0) is 17.6. The van der Waals surface area contributed by atoms with E-state index < -0.39 is 0 Å². The Morgan fingerprint density at radius 1 is 1.36 bits per heavy atom. The Labute approximate surface area is 152 Å². The van der Waals surface area contributed by atoms with Gasteiger partial charge in [0, 0.05) is 17.0 Å². The van der Waals surface area contributed by atoms with Crippen LogP contribution in [0.15, 0.2) is 29.1 Å². The molecule has 1 aliphatic rings. The smallest absolute Gasteiger partial charge is 0.251 e. The molecule has 0 aliphatic heterocycles. The van der Waals surface area contributed by atoms with E-state index in [1.165, 1.54) is 24.2 Å². The van der Waals surface area contributed by atoms with Crippen LogP contribution in [0, 0.1) is 5.92 Å².